The van der Waals surface area contributed by atoms with Crippen LogP contribution in [-0.4, -0.2) is 68.9 Å². The predicted octanol–water partition coefficient (Wildman–Crippen LogP) is 3.85. The minimum Gasteiger partial charge on any atom is -0.337 e. The van der Waals surface area contributed by atoms with Gasteiger partial charge in [-0.05, 0) is 0 Å². The van der Waals surface area contributed by atoms with Gasteiger partial charge in [-0.2, -0.15) is 0 Å². The van der Waals surface area contributed by atoms with Crippen molar-refractivity contribution in [3.8, 4) is 0 Å². The molecule has 0 aliphatic rings. The molecule has 0 amide bonds. The molecule has 0 rings (SSSR count). The van der Waals surface area contributed by atoms with Crippen molar-refractivity contribution in [2.75, 3.05) is 13.2 Å². The fourth-order valence-electron chi connectivity index (χ4n) is 1.38. The summed E-state index contributed by atoms with van der Waals surface area (Å²) in [4.78, 5) is 0. The Kier molecular flexibility index (Phi) is 10.5. The summed E-state index contributed by atoms with van der Waals surface area (Å²) in [5, 5.41) is -13.5. The van der Waals surface area contributed by atoms with Crippen molar-refractivity contribution in [2.24, 2.45) is 0 Å². The zero-order valence-electron chi connectivity index (χ0n) is 14.9. The molecule has 21 heteroatoms. The summed E-state index contributed by atoms with van der Waals surface area (Å²) in [6.07, 6.45) is -2.59. The van der Waals surface area contributed by atoms with Crippen molar-refractivity contribution in [3.63, 3.8) is 0 Å². The third-order valence-corrected chi connectivity index (χ3v) is 3.36. The van der Waals surface area contributed by atoms with Gasteiger partial charge >= 0.3 is 0 Å². The Morgan fingerprint density at radius 1 is 0.500 bits per heavy atom. The summed E-state index contributed by atoms with van der Waals surface area (Å²) in [7, 11) is 0. The van der Waals surface area contributed by atoms with Crippen molar-refractivity contribution in [3.05, 3.63) is 0 Å². The van der Waals surface area contributed by atoms with Crippen LogP contribution in [0.3, 0.4) is 0 Å². The summed E-state index contributed by atoms with van der Waals surface area (Å²) >= 11 is 0. The molecule has 0 unspecified atom stereocenters. The van der Waals surface area contributed by atoms with Crippen LogP contribution >= 0.6 is 0 Å². The summed E-state index contributed by atoms with van der Waals surface area (Å²) in [6.45, 7) is -3.50. The van der Waals surface area contributed by atoms with Crippen LogP contribution in [0.2, 0.25) is 0 Å². The van der Waals surface area contributed by atoms with Crippen LogP contribution in [0.15, 0.2) is 0 Å². The summed E-state index contributed by atoms with van der Waals surface area (Å²) in [6, 6.07) is 0. The highest BCUT2D eigenvalue weighted by Crippen LogP contribution is 2.30. The molecular formula is C9H14F12N6O3. The maximum Gasteiger partial charge on any atom is 0.292 e. The van der Waals surface area contributed by atoms with Crippen LogP contribution in [-0.2, 0) is 14.2 Å². The van der Waals surface area contributed by atoms with Gasteiger partial charge in [0.15, 0.2) is 0 Å². The van der Waals surface area contributed by atoms with Gasteiger partial charge in [0, 0.05) is 20.8 Å². The minimum absolute atomic E-state index is 0.0111. The first kappa shape index (κ1) is 28.8. The first-order chi connectivity index (χ1) is 13.4. The molecule has 0 N–H and O–H groups in total. The fourth-order valence-corrected chi connectivity index (χ4v) is 1.38. The Labute approximate surface area is 159 Å². The number of hydrogen-bond acceptors (Lipinski definition) is 9. The second-order valence-electron chi connectivity index (χ2n) is 5.56. The Bertz CT molecular complexity index is 464. The summed E-state index contributed by atoms with van der Waals surface area (Å²) in [5.74, 6) is -11.8. The first-order valence-electron chi connectivity index (χ1n) is 7.11. The van der Waals surface area contributed by atoms with Crippen LogP contribution in [0, 0.1) is 0 Å². The normalized spacial score (nSPS) is 14.6. The van der Waals surface area contributed by atoms with E-state index >= 15 is 0 Å². The number of nitrogens with zero attached hydrogens (tertiary/aromatic N) is 6. The largest absolute Gasteiger partial charge is 0.337 e. The Morgan fingerprint density at radius 3 is 0.933 bits per heavy atom. The quantitative estimate of drug-likeness (QED) is 0.209. The molecule has 9 nitrogen and oxygen atoms in total. The van der Waals surface area contributed by atoms with E-state index in [1.165, 1.54) is 0 Å². The molecule has 0 bridgehead atoms. The van der Waals surface area contributed by atoms with Crippen molar-refractivity contribution < 1.29 is 68.0 Å². The van der Waals surface area contributed by atoms with E-state index in [9.17, 15) is 53.8 Å². The molecule has 0 fully saturated rings. The highest BCUT2D eigenvalue weighted by atomic mass is 19.4. The van der Waals surface area contributed by atoms with Gasteiger partial charge in [0.1, 0.15) is 6.10 Å². The second-order valence-corrected chi connectivity index (χ2v) is 5.56. The molecule has 182 valence electrons. The van der Waals surface area contributed by atoms with E-state index in [2.05, 4.69) is 14.2 Å². The van der Waals surface area contributed by atoms with Crippen LogP contribution in [0.1, 0.15) is 20.8 Å². The lowest BCUT2D eigenvalue weighted by Crippen LogP contribution is -2.55. The summed E-state index contributed by atoms with van der Waals surface area (Å²) < 4.78 is 164. The van der Waals surface area contributed by atoms with Gasteiger partial charge in [0.05, 0.1) is 45.3 Å². The first-order valence-corrected chi connectivity index (χ1v) is 7.11. The van der Waals surface area contributed by atoms with E-state index in [-0.39, 0.29) is 20.8 Å². The van der Waals surface area contributed by atoms with Gasteiger partial charge in [0.25, 0.3) is 17.5 Å². The van der Waals surface area contributed by atoms with Crippen molar-refractivity contribution in [1.82, 2.24) is 32.1 Å². The van der Waals surface area contributed by atoms with E-state index in [0.717, 1.165) is 0 Å². The third kappa shape index (κ3) is 6.65. The van der Waals surface area contributed by atoms with Crippen LogP contribution in [0.4, 0.5) is 53.8 Å². The van der Waals surface area contributed by atoms with E-state index in [1.807, 2.05) is 0 Å². The maximum atomic E-state index is 12.7. The third-order valence-electron chi connectivity index (χ3n) is 3.36. The average molecular weight is 482 g/mol. The van der Waals surface area contributed by atoms with E-state index in [1.54, 1.807) is 0 Å². The minimum atomic E-state index is -4.03. The topological polar surface area (TPSA) is 47.1 Å². The monoisotopic (exact) mass is 482 g/mol. The Morgan fingerprint density at radius 2 is 0.733 bits per heavy atom. The van der Waals surface area contributed by atoms with Crippen LogP contribution in [0.25, 0.3) is 0 Å². The molecule has 0 atom stereocenters. The molecule has 30 heavy (non-hydrogen) atoms. The average Bonchev–Trinajstić information content (AvgIpc) is 2.61. The standard InChI is InChI=1S/C9H14F12N6O3/c1-7(22(10)11,23(12)13)28-4-6(30-9(3,26(18)19)27(20)21)5-29-8(2,24(14)15)25(16)17/h6H,4-5H2,1-3H3. The summed E-state index contributed by atoms with van der Waals surface area (Å²) in [5.41, 5.74) is 0. The zero-order chi connectivity index (χ0) is 24.1. The lowest BCUT2D eigenvalue weighted by molar-refractivity contribution is -0.479. The number of halogens is 12. The van der Waals surface area contributed by atoms with E-state index in [4.69, 9.17) is 0 Å². The van der Waals surface area contributed by atoms with Gasteiger partial charge in [-0.25, -0.2) is 0 Å². The van der Waals surface area contributed by atoms with Gasteiger partial charge in [0.2, 0.25) is 0 Å². The van der Waals surface area contributed by atoms with Gasteiger partial charge < -0.3 is 14.2 Å². The number of rotatable bonds is 14. The molecule has 0 heterocycles. The number of hydrogen-bond donors (Lipinski definition) is 0. The predicted molar refractivity (Wildman–Crippen MR) is 66.3 cm³/mol. The molecular weight excluding hydrogens is 468 g/mol. The van der Waals surface area contributed by atoms with Crippen molar-refractivity contribution in [1.29, 1.82) is 0 Å². The molecule has 0 aromatic rings. The van der Waals surface area contributed by atoms with Crippen molar-refractivity contribution in [2.45, 2.75) is 44.4 Å². The van der Waals surface area contributed by atoms with Gasteiger partial charge in [-0.1, -0.05) is 53.8 Å². The molecule has 0 aliphatic heterocycles. The highest BCUT2D eigenvalue weighted by molar-refractivity contribution is 4.69. The van der Waals surface area contributed by atoms with Crippen LogP contribution in [0.5, 0.6) is 0 Å². The molecule has 0 saturated carbocycles. The smallest absolute Gasteiger partial charge is 0.292 e. The Balaban J connectivity index is 5.71. The maximum absolute atomic E-state index is 12.7. The highest BCUT2D eigenvalue weighted by Gasteiger charge is 2.50. The zero-order valence-corrected chi connectivity index (χ0v) is 14.9. The number of ether oxygens (including phenoxy) is 3. The van der Waals surface area contributed by atoms with Crippen molar-refractivity contribution >= 4 is 0 Å². The molecule has 0 aromatic heterocycles. The SMILES string of the molecule is CC(OCC(COC(C)(N(F)F)N(F)F)OC(C)(N(F)F)N(F)F)(N(F)F)N(F)F. The molecule has 0 radical (unpaired) electrons. The molecule has 0 spiro atoms. The van der Waals surface area contributed by atoms with E-state index in [0.29, 0.717) is 0 Å². The lowest BCUT2D eigenvalue weighted by atomic mass is 10.3. The molecule has 0 aliphatic carbocycles. The lowest BCUT2D eigenvalue weighted by Gasteiger charge is -2.36. The van der Waals surface area contributed by atoms with E-state index < -0.39 is 68.9 Å². The fraction of sp³-hybridized carbons (Fsp3) is 1.00. The van der Waals surface area contributed by atoms with Gasteiger partial charge in [-0.3, -0.25) is 0 Å². The molecule has 0 aromatic carbocycles. The molecule has 0 saturated heterocycles. The van der Waals surface area contributed by atoms with Gasteiger partial charge in [-0.15, -0.1) is 0 Å². The van der Waals surface area contributed by atoms with Crippen LogP contribution < -0.4 is 0 Å². The Hall–Kier alpha value is -1.20. The second kappa shape index (κ2) is 10.9.